The van der Waals surface area contributed by atoms with E-state index in [9.17, 15) is 19.7 Å². The van der Waals surface area contributed by atoms with Crippen LogP contribution in [0.5, 0.6) is 0 Å². The molecule has 1 aromatic heterocycles. The molecule has 2 aromatic rings. The molecule has 0 saturated heterocycles. The number of pyridine rings is 1. The van der Waals surface area contributed by atoms with Crippen LogP contribution in [0.25, 0.3) is 0 Å². The van der Waals surface area contributed by atoms with Gasteiger partial charge in [0.1, 0.15) is 18.2 Å². The lowest BCUT2D eigenvalue weighted by Crippen LogP contribution is -2.29. The lowest BCUT2D eigenvalue weighted by atomic mass is 10.2. The standard InChI is InChI=1S/C14H8Cl2N4O4/c15-11-2-1-9(4-12(11)16)18-13(21)7-19-6-10(20(23)24)3-8(5-17)14(19)22/h1-4,6H,7H2,(H,18,21). The summed E-state index contributed by atoms with van der Waals surface area (Å²) in [6.07, 6.45) is 0.900. The molecule has 10 heteroatoms. The van der Waals surface area contributed by atoms with Crippen LogP contribution in [0.15, 0.2) is 35.3 Å². The predicted octanol–water partition coefficient (Wildman–Crippen LogP) is 2.57. The number of rotatable bonds is 4. The fourth-order valence-electron chi connectivity index (χ4n) is 1.85. The summed E-state index contributed by atoms with van der Waals surface area (Å²) in [4.78, 5) is 34.0. The van der Waals surface area contributed by atoms with Gasteiger partial charge >= 0.3 is 0 Å². The minimum Gasteiger partial charge on any atom is -0.324 e. The second kappa shape index (κ2) is 7.12. The van der Waals surface area contributed by atoms with Crippen molar-refractivity contribution in [2.45, 2.75) is 6.54 Å². The van der Waals surface area contributed by atoms with Crippen molar-refractivity contribution in [2.24, 2.45) is 0 Å². The van der Waals surface area contributed by atoms with E-state index in [1.165, 1.54) is 18.2 Å². The van der Waals surface area contributed by atoms with E-state index in [1.54, 1.807) is 6.07 Å². The third-order valence-electron chi connectivity index (χ3n) is 2.92. The predicted molar refractivity (Wildman–Crippen MR) is 87.2 cm³/mol. The first-order chi connectivity index (χ1) is 11.3. The van der Waals surface area contributed by atoms with Gasteiger partial charge in [0.2, 0.25) is 5.91 Å². The van der Waals surface area contributed by atoms with E-state index in [1.807, 2.05) is 0 Å². The van der Waals surface area contributed by atoms with Crippen LogP contribution in [0.3, 0.4) is 0 Å². The average Bonchev–Trinajstić information content (AvgIpc) is 2.52. The highest BCUT2D eigenvalue weighted by Crippen LogP contribution is 2.25. The number of benzene rings is 1. The van der Waals surface area contributed by atoms with Crippen LogP contribution >= 0.6 is 23.2 Å². The minimum absolute atomic E-state index is 0.230. The maximum atomic E-state index is 12.0. The van der Waals surface area contributed by atoms with Crippen LogP contribution in [-0.2, 0) is 11.3 Å². The third kappa shape index (κ3) is 3.90. The Bertz CT molecular complexity index is 933. The normalized spacial score (nSPS) is 10.0. The van der Waals surface area contributed by atoms with E-state index in [0.29, 0.717) is 10.7 Å². The van der Waals surface area contributed by atoms with E-state index in [4.69, 9.17) is 28.5 Å². The fourth-order valence-corrected chi connectivity index (χ4v) is 2.14. The molecule has 0 radical (unpaired) electrons. The summed E-state index contributed by atoms with van der Waals surface area (Å²) in [6.45, 7) is -0.505. The zero-order valence-electron chi connectivity index (χ0n) is 11.8. The molecule has 0 aliphatic heterocycles. The molecule has 0 atom stereocenters. The zero-order valence-corrected chi connectivity index (χ0v) is 13.3. The van der Waals surface area contributed by atoms with E-state index < -0.39 is 34.2 Å². The molecule has 8 nitrogen and oxygen atoms in total. The maximum Gasteiger partial charge on any atom is 0.287 e. The number of carbonyl (C=O) groups excluding carboxylic acids is 1. The second-order valence-electron chi connectivity index (χ2n) is 4.59. The summed E-state index contributed by atoms with van der Waals surface area (Å²) in [5, 5.41) is 22.7. The summed E-state index contributed by atoms with van der Waals surface area (Å²) in [5.41, 5.74) is -1.35. The molecule has 0 bridgehead atoms. The number of nitrogens with one attached hydrogen (secondary N) is 1. The van der Waals surface area contributed by atoms with Gasteiger partial charge in [0.15, 0.2) is 0 Å². The summed E-state index contributed by atoms with van der Waals surface area (Å²) < 4.78 is 0.795. The van der Waals surface area contributed by atoms with Gasteiger partial charge in [0.05, 0.1) is 21.2 Å². The summed E-state index contributed by atoms with van der Waals surface area (Å²) in [6, 6.07) is 6.82. The smallest absolute Gasteiger partial charge is 0.287 e. The minimum atomic E-state index is -0.799. The van der Waals surface area contributed by atoms with Crippen molar-refractivity contribution in [3.05, 3.63) is 66.5 Å². The number of carbonyl (C=O) groups is 1. The number of hydrogen-bond donors (Lipinski definition) is 1. The first kappa shape index (κ1) is 17.5. The van der Waals surface area contributed by atoms with Crippen molar-refractivity contribution in [3.63, 3.8) is 0 Å². The molecular formula is C14H8Cl2N4O4. The highest BCUT2D eigenvalue weighted by molar-refractivity contribution is 6.42. The lowest BCUT2D eigenvalue weighted by Gasteiger charge is -2.08. The number of halogens is 2. The molecule has 0 fully saturated rings. The molecule has 2 rings (SSSR count). The number of amides is 1. The number of hydrogen-bond acceptors (Lipinski definition) is 5. The molecular weight excluding hydrogens is 359 g/mol. The fraction of sp³-hybridized carbons (Fsp3) is 0.0714. The van der Waals surface area contributed by atoms with Crippen LogP contribution in [0, 0.1) is 21.4 Å². The van der Waals surface area contributed by atoms with Crippen molar-refractivity contribution >= 4 is 40.5 Å². The molecule has 0 aliphatic carbocycles. The first-order valence-electron chi connectivity index (χ1n) is 6.35. The molecule has 0 spiro atoms. The van der Waals surface area contributed by atoms with Gasteiger partial charge < -0.3 is 5.32 Å². The van der Waals surface area contributed by atoms with Crippen molar-refractivity contribution in [2.75, 3.05) is 5.32 Å². The number of nitrogens with zero attached hydrogens (tertiary/aromatic N) is 3. The topological polar surface area (TPSA) is 118 Å². The molecule has 0 aliphatic rings. The van der Waals surface area contributed by atoms with E-state index in [-0.39, 0.29) is 5.02 Å². The van der Waals surface area contributed by atoms with Crippen LogP contribution in [0.1, 0.15) is 5.56 Å². The lowest BCUT2D eigenvalue weighted by molar-refractivity contribution is -0.385. The van der Waals surface area contributed by atoms with Gasteiger partial charge in [-0.05, 0) is 18.2 Å². The van der Waals surface area contributed by atoms with Gasteiger partial charge in [0, 0.05) is 11.8 Å². The average molecular weight is 367 g/mol. The van der Waals surface area contributed by atoms with Crippen molar-refractivity contribution < 1.29 is 9.72 Å². The Balaban J connectivity index is 2.27. The van der Waals surface area contributed by atoms with Gasteiger partial charge in [-0.2, -0.15) is 5.26 Å². The molecule has 1 aromatic carbocycles. The Morgan fingerprint density at radius 2 is 2.04 bits per heavy atom. The Morgan fingerprint density at radius 1 is 1.33 bits per heavy atom. The first-order valence-corrected chi connectivity index (χ1v) is 7.11. The Morgan fingerprint density at radius 3 is 2.62 bits per heavy atom. The van der Waals surface area contributed by atoms with Crippen LogP contribution in [-0.4, -0.2) is 15.4 Å². The Labute approximate surface area is 145 Å². The maximum absolute atomic E-state index is 12.0. The Kier molecular flexibility index (Phi) is 5.18. The molecule has 1 N–H and O–H groups in total. The van der Waals surface area contributed by atoms with Crippen molar-refractivity contribution in [1.29, 1.82) is 5.26 Å². The SMILES string of the molecule is N#Cc1cc([N+](=O)[O-])cn(CC(=O)Nc2ccc(Cl)c(Cl)c2)c1=O. The largest absolute Gasteiger partial charge is 0.324 e. The van der Waals surface area contributed by atoms with Crippen molar-refractivity contribution in [3.8, 4) is 6.07 Å². The molecule has 1 amide bonds. The van der Waals surface area contributed by atoms with E-state index in [0.717, 1.165) is 16.8 Å². The highest BCUT2D eigenvalue weighted by Gasteiger charge is 2.15. The Hall–Kier alpha value is -2.89. The molecule has 24 heavy (non-hydrogen) atoms. The highest BCUT2D eigenvalue weighted by atomic mass is 35.5. The summed E-state index contributed by atoms with van der Waals surface area (Å²) in [5.74, 6) is -0.625. The van der Waals surface area contributed by atoms with Crippen molar-refractivity contribution in [1.82, 2.24) is 4.57 Å². The molecule has 122 valence electrons. The monoisotopic (exact) mass is 366 g/mol. The van der Waals surface area contributed by atoms with Gasteiger partial charge in [-0.15, -0.1) is 0 Å². The van der Waals surface area contributed by atoms with Crippen LogP contribution < -0.4 is 10.9 Å². The molecule has 1 heterocycles. The van der Waals surface area contributed by atoms with Crippen LogP contribution in [0.2, 0.25) is 10.0 Å². The van der Waals surface area contributed by atoms with Crippen LogP contribution in [0.4, 0.5) is 11.4 Å². The second-order valence-corrected chi connectivity index (χ2v) is 5.41. The van der Waals surface area contributed by atoms with Gasteiger partial charge in [-0.3, -0.25) is 24.3 Å². The number of aromatic nitrogens is 1. The molecule has 0 unspecified atom stereocenters. The number of anilines is 1. The van der Waals surface area contributed by atoms with Gasteiger partial charge in [0.25, 0.3) is 11.2 Å². The van der Waals surface area contributed by atoms with E-state index in [2.05, 4.69) is 5.32 Å². The number of nitriles is 1. The number of nitro groups is 1. The molecule has 0 saturated carbocycles. The quantitative estimate of drug-likeness (QED) is 0.658. The van der Waals surface area contributed by atoms with E-state index >= 15 is 0 Å². The van der Waals surface area contributed by atoms with Gasteiger partial charge in [-0.1, -0.05) is 23.2 Å². The summed E-state index contributed by atoms with van der Waals surface area (Å²) >= 11 is 11.6. The third-order valence-corrected chi connectivity index (χ3v) is 3.66. The van der Waals surface area contributed by atoms with Gasteiger partial charge in [-0.25, -0.2) is 0 Å². The zero-order chi connectivity index (χ0) is 17.9. The summed E-state index contributed by atoms with van der Waals surface area (Å²) in [7, 11) is 0.